The molecule has 0 bridgehead atoms. The second kappa shape index (κ2) is 11.0. The van der Waals surface area contributed by atoms with Gasteiger partial charge in [-0.15, -0.1) is 11.3 Å². The summed E-state index contributed by atoms with van der Waals surface area (Å²) in [5.74, 6) is 0.652. The minimum Gasteiger partial charge on any atom is -0.489 e. The number of benzene rings is 1. The summed E-state index contributed by atoms with van der Waals surface area (Å²) in [5.41, 5.74) is 0. The summed E-state index contributed by atoms with van der Waals surface area (Å²) in [6.07, 6.45) is 0.555. The molecule has 1 unspecified atom stereocenters. The van der Waals surface area contributed by atoms with E-state index in [4.69, 9.17) is 4.74 Å². The Bertz CT molecular complexity index is 857. The van der Waals surface area contributed by atoms with E-state index in [1.807, 2.05) is 6.92 Å². The van der Waals surface area contributed by atoms with Gasteiger partial charge in [0.2, 0.25) is 10.0 Å². The first-order valence-electron chi connectivity index (χ1n) is 8.84. The van der Waals surface area contributed by atoms with Gasteiger partial charge in [0.25, 0.3) is 0 Å². The summed E-state index contributed by atoms with van der Waals surface area (Å²) in [4.78, 5) is 4.10. The number of hydrogen-bond acceptors (Lipinski definition) is 5. The zero-order chi connectivity index (χ0) is 20.4. The lowest BCUT2D eigenvalue weighted by Crippen LogP contribution is -2.44. The fourth-order valence-electron chi connectivity index (χ4n) is 2.29. The van der Waals surface area contributed by atoms with Gasteiger partial charge in [-0.3, -0.25) is 4.99 Å². The van der Waals surface area contributed by atoms with Gasteiger partial charge < -0.3 is 15.4 Å². The molecule has 1 aromatic heterocycles. The van der Waals surface area contributed by atoms with Gasteiger partial charge >= 0.3 is 0 Å². The molecule has 0 amide bonds. The predicted molar refractivity (Wildman–Crippen MR) is 110 cm³/mol. The number of rotatable bonds is 10. The lowest BCUT2D eigenvalue weighted by atomic mass is 10.2. The highest BCUT2D eigenvalue weighted by molar-refractivity contribution is 7.91. The average molecular weight is 429 g/mol. The Morgan fingerprint density at radius 3 is 2.71 bits per heavy atom. The maximum Gasteiger partial charge on any atom is 0.250 e. The number of ether oxygens (including phenoxy) is 1. The van der Waals surface area contributed by atoms with E-state index < -0.39 is 10.0 Å². The molecule has 7 nitrogen and oxygen atoms in total. The van der Waals surface area contributed by atoms with Crippen molar-refractivity contribution in [2.45, 2.75) is 23.7 Å². The molecule has 154 valence electrons. The smallest absolute Gasteiger partial charge is 0.250 e. The average Bonchev–Trinajstić information content (AvgIpc) is 3.22. The molecule has 2 rings (SSSR count). The molecular weight excluding hydrogens is 403 g/mol. The first-order valence-corrected chi connectivity index (χ1v) is 11.2. The maximum atomic E-state index is 13.3. The van der Waals surface area contributed by atoms with Crippen molar-refractivity contribution in [2.24, 2.45) is 4.99 Å². The molecule has 0 aliphatic heterocycles. The van der Waals surface area contributed by atoms with Crippen LogP contribution < -0.4 is 20.1 Å². The van der Waals surface area contributed by atoms with Gasteiger partial charge in [0.15, 0.2) is 5.96 Å². The van der Waals surface area contributed by atoms with Crippen LogP contribution in [-0.4, -0.2) is 47.2 Å². The first kappa shape index (κ1) is 22.1. The molecule has 0 aliphatic carbocycles. The van der Waals surface area contributed by atoms with Crippen molar-refractivity contribution < 1.29 is 17.5 Å². The van der Waals surface area contributed by atoms with Gasteiger partial charge in [-0.1, -0.05) is 19.1 Å². The van der Waals surface area contributed by atoms with Crippen molar-refractivity contribution in [3.63, 3.8) is 0 Å². The van der Waals surface area contributed by atoms with E-state index >= 15 is 0 Å². The monoisotopic (exact) mass is 428 g/mol. The zero-order valence-corrected chi connectivity index (χ0v) is 17.4. The molecule has 0 aliphatic rings. The molecule has 0 radical (unpaired) electrons. The summed E-state index contributed by atoms with van der Waals surface area (Å²) in [6, 6.07) is 9.27. The highest BCUT2D eigenvalue weighted by Gasteiger charge is 2.14. The molecule has 0 saturated heterocycles. The third-order valence-corrected chi connectivity index (χ3v) is 6.60. The summed E-state index contributed by atoms with van der Waals surface area (Å²) < 4.78 is 45.9. The molecule has 0 fully saturated rings. The second-order valence-corrected chi connectivity index (χ2v) is 8.76. The molecule has 3 N–H and O–H groups in total. The fraction of sp³-hybridized carbons (Fsp3) is 0.389. The third kappa shape index (κ3) is 7.10. The van der Waals surface area contributed by atoms with Gasteiger partial charge in [-0.25, -0.2) is 17.5 Å². The normalized spacial score (nSPS) is 13.2. The molecule has 1 heterocycles. The summed E-state index contributed by atoms with van der Waals surface area (Å²) in [7, 11) is -1.85. The predicted octanol–water partition coefficient (Wildman–Crippen LogP) is 2.19. The minimum atomic E-state index is -3.47. The number of halogens is 1. The van der Waals surface area contributed by atoms with Crippen LogP contribution in [0.25, 0.3) is 0 Å². The molecule has 0 spiro atoms. The topological polar surface area (TPSA) is 91.8 Å². The summed E-state index contributed by atoms with van der Waals surface area (Å²) in [6.45, 7) is 3.03. The van der Waals surface area contributed by atoms with Gasteiger partial charge in [-0.05, 0) is 30.0 Å². The van der Waals surface area contributed by atoms with E-state index in [9.17, 15) is 12.8 Å². The fourth-order valence-corrected chi connectivity index (χ4v) is 4.36. The molecule has 1 atom stereocenters. The van der Waals surface area contributed by atoms with Crippen molar-refractivity contribution in [3.8, 4) is 5.75 Å². The van der Waals surface area contributed by atoms with E-state index in [-0.39, 0.29) is 22.7 Å². The Hall–Kier alpha value is -2.17. The number of thiophene rings is 1. The first-order chi connectivity index (χ1) is 13.4. The number of sulfonamides is 1. The maximum absolute atomic E-state index is 13.3. The number of guanidine groups is 1. The van der Waals surface area contributed by atoms with Crippen molar-refractivity contribution >= 4 is 27.3 Å². The second-order valence-electron chi connectivity index (χ2n) is 5.82. The SMILES string of the molecule is CCC(CNC(=NC)NCCNS(=O)(=O)c1cccs1)Oc1cccc(F)c1. The van der Waals surface area contributed by atoms with Crippen LogP contribution >= 0.6 is 11.3 Å². The van der Waals surface area contributed by atoms with Gasteiger partial charge in [0.1, 0.15) is 21.9 Å². The van der Waals surface area contributed by atoms with Crippen LogP contribution in [0.5, 0.6) is 5.75 Å². The Kier molecular flexibility index (Phi) is 8.68. The van der Waals surface area contributed by atoms with E-state index in [2.05, 4.69) is 20.3 Å². The van der Waals surface area contributed by atoms with Crippen LogP contribution in [0.4, 0.5) is 4.39 Å². The van der Waals surface area contributed by atoms with Crippen molar-refractivity contribution in [3.05, 3.63) is 47.6 Å². The van der Waals surface area contributed by atoms with Crippen LogP contribution in [0.3, 0.4) is 0 Å². The molecular formula is C18H25FN4O3S2. The Labute approximate surface area is 169 Å². The van der Waals surface area contributed by atoms with E-state index in [1.54, 1.807) is 36.7 Å². The number of aliphatic imine (C=N–C) groups is 1. The third-order valence-electron chi connectivity index (χ3n) is 3.74. The Morgan fingerprint density at radius 2 is 2.07 bits per heavy atom. The lowest BCUT2D eigenvalue weighted by Gasteiger charge is -2.20. The Morgan fingerprint density at radius 1 is 1.25 bits per heavy atom. The van der Waals surface area contributed by atoms with Crippen LogP contribution in [-0.2, 0) is 10.0 Å². The van der Waals surface area contributed by atoms with Gasteiger partial charge in [0.05, 0.1) is 6.54 Å². The number of hydrogen-bond donors (Lipinski definition) is 3. The summed E-state index contributed by atoms with van der Waals surface area (Å²) >= 11 is 1.17. The standard InChI is InChI=1S/C18H25FN4O3S2/c1-3-15(26-16-7-4-6-14(19)12-16)13-22-18(20-2)21-9-10-23-28(24,25)17-8-5-11-27-17/h4-8,11-12,15,23H,3,9-10,13H2,1-2H3,(H2,20,21,22). The molecule has 2 aromatic rings. The lowest BCUT2D eigenvalue weighted by molar-refractivity contribution is 0.199. The zero-order valence-electron chi connectivity index (χ0n) is 15.8. The molecule has 0 saturated carbocycles. The van der Waals surface area contributed by atoms with Crippen LogP contribution in [0, 0.1) is 5.82 Å². The Balaban J connectivity index is 1.74. The largest absolute Gasteiger partial charge is 0.489 e. The number of nitrogens with zero attached hydrogens (tertiary/aromatic N) is 1. The highest BCUT2D eigenvalue weighted by Crippen LogP contribution is 2.15. The van der Waals surface area contributed by atoms with E-state index in [0.717, 1.165) is 6.42 Å². The molecule has 10 heteroatoms. The van der Waals surface area contributed by atoms with E-state index in [1.165, 1.54) is 23.5 Å². The summed E-state index contributed by atoms with van der Waals surface area (Å²) in [5, 5.41) is 7.88. The minimum absolute atomic E-state index is 0.169. The molecule has 28 heavy (non-hydrogen) atoms. The van der Waals surface area contributed by atoms with Crippen LogP contribution in [0.15, 0.2) is 51.0 Å². The molecule has 1 aromatic carbocycles. The van der Waals surface area contributed by atoms with Crippen LogP contribution in [0.1, 0.15) is 13.3 Å². The number of nitrogens with one attached hydrogen (secondary N) is 3. The highest BCUT2D eigenvalue weighted by atomic mass is 32.2. The quantitative estimate of drug-likeness (QED) is 0.307. The van der Waals surface area contributed by atoms with Crippen LogP contribution in [0.2, 0.25) is 0 Å². The van der Waals surface area contributed by atoms with Crippen molar-refractivity contribution in [1.29, 1.82) is 0 Å². The van der Waals surface area contributed by atoms with Crippen molar-refractivity contribution in [1.82, 2.24) is 15.4 Å². The van der Waals surface area contributed by atoms with E-state index in [0.29, 0.717) is 24.8 Å². The van der Waals surface area contributed by atoms with Gasteiger partial charge in [0, 0.05) is 26.2 Å². The van der Waals surface area contributed by atoms with Gasteiger partial charge in [-0.2, -0.15) is 0 Å². The van der Waals surface area contributed by atoms with Crippen molar-refractivity contribution in [2.75, 3.05) is 26.7 Å².